The Labute approximate surface area is 126 Å². The molecule has 1 heterocycles. The van der Waals surface area contributed by atoms with Crippen molar-refractivity contribution in [3.8, 4) is 5.75 Å². The van der Waals surface area contributed by atoms with Crippen LogP contribution in [0.5, 0.6) is 5.75 Å². The minimum atomic E-state index is -0.683. The molecular weight excluding hydrogens is 266 g/mol. The largest absolute Gasteiger partial charge is 0.494 e. The summed E-state index contributed by atoms with van der Waals surface area (Å²) in [6.45, 7) is 9.43. The van der Waals surface area contributed by atoms with Crippen molar-refractivity contribution in [1.29, 1.82) is 0 Å². The van der Waals surface area contributed by atoms with Crippen LogP contribution < -0.4 is 4.74 Å². The van der Waals surface area contributed by atoms with Crippen LogP contribution in [0, 0.1) is 25.7 Å². The van der Waals surface area contributed by atoms with E-state index in [4.69, 9.17) is 9.84 Å². The van der Waals surface area contributed by atoms with Gasteiger partial charge in [-0.2, -0.15) is 0 Å². The topological polar surface area (TPSA) is 49.8 Å². The lowest BCUT2D eigenvalue weighted by molar-refractivity contribution is -0.145. The van der Waals surface area contributed by atoms with E-state index in [0.29, 0.717) is 12.5 Å². The van der Waals surface area contributed by atoms with Gasteiger partial charge in [0.25, 0.3) is 0 Å². The number of benzene rings is 1. The fraction of sp³-hybridized carbons (Fsp3) is 0.588. The fourth-order valence-corrected chi connectivity index (χ4v) is 2.80. The van der Waals surface area contributed by atoms with Crippen LogP contribution in [-0.4, -0.2) is 42.2 Å². The Hall–Kier alpha value is -1.55. The standard InChI is InChI=1S/C17H25NO3/c1-12-7-13(2)9-16(8-12)21-6-4-5-18-10-15(11-18)14(3)17(19)20/h7-9,14-15H,4-6,10-11H2,1-3H3,(H,19,20). The Morgan fingerprint density at radius 1 is 1.33 bits per heavy atom. The van der Waals surface area contributed by atoms with Gasteiger partial charge in [-0.1, -0.05) is 13.0 Å². The lowest BCUT2D eigenvalue weighted by Crippen LogP contribution is -2.51. The van der Waals surface area contributed by atoms with Crippen molar-refractivity contribution in [3.63, 3.8) is 0 Å². The summed E-state index contributed by atoms with van der Waals surface area (Å²) in [6.07, 6.45) is 0.973. The first-order valence-corrected chi connectivity index (χ1v) is 7.62. The fourth-order valence-electron chi connectivity index (χ4n) is 2.80. The van der Waals surface area contributed by atoms with Crippen LogP contribution in [0.4, 0.5) is 0 Å². The number of aliphatic carboxylic acids is 1. The summed E-state index contributed by atoms with van der Waals surface area (Å²) in [5, 5.41) is 8.95. The highest BCUT2D eigenvalue weighted by molar-refractivity contribution is 5.70. The van der Waals surface area contributed by atoms with Gasteiger partial charge in [-0.05, 0) is 49.4 Å². The normalized spacial score (nSPS) is 17.3. The maximum atomic E-state index is 10.9. The van der Waals surface area contributed by atoms with Gasteiger partial charge in [-0.15, -0.1) is 0 Å². The van der Waals surface area contributed by atoms with E-state index in [1.165, 1.54) is 11.1 Å². The van der Waals surface area contributed by atoms with Crippen molar-refractivity contribution in [3.05, 3.63) is 29.3 Å². The first-order valence-electron chi connectivity index (χ1n) is 7.62. The highest BCUT2D eigenvalue weighted by Crippen LogP contribution is 2.24. The molecule has 2 rings (SSSR count). The molecule has 1 atom stereocenters. The molecule has 0 spiro atoms. The summed E-state index contributed by atoms with van der Waals surface area (Å²) in [7, 11) is 0. The van der Waals surface area contributed by atoms with E-state index in [1.807, 2.05) is 0 Å². The van der Waals surface area contributed by atoms with Crippen molar-refractivity contribution in [2.45, 2.75) is 27.2 Å². The quantitative estimate of drug-likeness (QED) is 0.785. The molecule has 1 aliphatic heterocycles. The summed E-state index contributed by atoms with van der Waals surface area (Å²) >= 11 is 0. The third-order valence-electron chi connectivity index (χ3n) is 4.16. The van der Waals surface area contributed by atoms with Gasteiger partial charge < -0.3 is 14.7 Å². The van der Waals surface area contributed by atoms with E-state index in [2.05, 4.69) is 36.9 Å². The smallest absolute Gasteiger partial charge is 0.306 e. The average Bonchev–Trinajstić information content (AvgIpc) is 2.34. The van der Waals surface area contributed by atoms with Gasteiger partial charge in [-0.3, -0.25) is 4.79 Å². The number of ether oxygens (including phenoxy) is 1. The van der Waals surface area contributed by atoms with Crippen molar-refractivity contribution < 1.29 is 14.6 Å². The van der Waals surface area contributed by atoms with Crippen molar-refractivity contribution >= 4 is 5.97 Å². The number of carbonyl (C=O) groups is 1. The molecule has 1 aromatic carbocycles. The molecular formula is C17H25NO3. The first kappa shape index (κ1) is 15.8. The monoisotopic (exact) mass is 291 g/mol. The zero-order valence-electron chi connectivity index (χ0n) is 13.1. The second-order valence-corrected chi connectivity index (χ2v) is 6.17. The zero-order chi connectivity index (χ0) is 15.4. The Kier molecular flexibility index (Phi) is 5.23. The maximum Gasteiger partial charge on any atom is 0.306 e. The van der Waals surface area contributed by atoms with Crippen molar-refractivity contribution in [1.82, 2.24) is 4.90 Å². The highest BCUT2D eigenvalue weighted by atomic mass is 16.5. The Bertz CT molecular complexity index is 475. The molecule has 0 amide bonds. The molecule has 1 aliphatic rings. The van der Waals surface area contributed by atoms with E-state index >= 15 is 0 Å². The zero-order valence-corrected chi connectivity index (χ0v) is 13.1. The molecule has 4 heteroatoms. The predicted octanol–water partition coefficient (Wildman–Crippen LogP) is 2.72. The van der Waals surface area contributed by atoms with Crippen LogP contribution in [0.2, 0.25) is 0 Å². The molecule has 0 saturated carbocycles. The van der Waals surface area contributed by atoms with Gasteiger partial charge in [0.15, 0.2) is 0 Å². The molecule has 0 aromatic heterocycles. The number of likely N-dealkylation sites (tertiary alicyclic amines) is 1. The molecule has 0 radical (unpaired) electrons. The molecule has 1 saturated heterocycles. The molecule has 116 valence electrons. The Balaban J connectivity index is 1.62. The van der Waals surface area contributed by atoms with Crippen LogP contribution in [0.15, 0.2) is 18.2 Å². The Morgan fingerprint density at radius 3 is 2.52 bits per heavy atom. The number of aryl methyl sites for hydroxylation is 2. The second-order valence-electron chi connectivity index (χ2n) is 6.17. The minimum Gasteiger partial charge on any atom is -0.494 e. The van der Waals surface area contributed by atoms with E-state index in [-0.39, 0.29) is 5.92 Å². The van der Waals surface area contributed by atoms with Crippen LogP contribution in [-0.2, 0) is 4.79 Å². The summed E-state index contributed by atoms with van der Waals surface area (Å²) in [5.74, 6) is 0.335. The van der Waals surface area contributed by atoms with Gasteiger partial charge >= 0.3 is 5.97 Å². The molecule has 21 heavy (non-hydrogen) atoms. The van der Waals surface area contributed by atoms with Gasteiger partial charge in [0.1, 0.15) is 5.75 Å². The van der Waals surface area contributed by atoms with Gasteiger partial charge in [0.2, 0.25) is 0 Å². The molecule has 4 nitrogen and oxygen atoms in total. The number of nitrogens with zero attached hydrogens (tertiary/aromatic N) is 1. The van der Waals surface area contributed by atoms with Crippen LogP contribution >= 0.6 is 0 Å². The number of rotatable bonds is 7. The van der Waals surface area contributed by atoms with Crippen LogP contribution in [0.1, 0.15) is 24.5 Å². The molecule has 1 aromatic rings. The van der Waals surface area contributed by atoms with Crippen LogP contribution in [0.25, 0.3) is 0 Å². The molecule has 1 fully saturated rings. The third-order valence-corrected chi connectivity index (χ3v) is 4.16. The van der Waals surface area contributed by atoms with Gasteiger partial charge in [-0.25, -0.2) is 0 Å². The molecule has 1 unspecified atom stereocenters. The highest BCUT2D eigenvalue weighted by Gasteiger charge is 2.33. The SMILES string of the molecule is Cc1cc(C)cc(OCCCN2CC(C(C)C(=O)O)C2)c1. The van der Waals surface area contributed by atoms with Crippen molar-refractivity contribution in [2.75, 3.05) is 26.2 Å². The first-order chi connectivity index (χ1) is 9.95. The van der Waals surface area contributed by atoms with E-state index in [1.54, 1.807) is 6.92 Å². The maximum absolute atomic E-state index is 10.9. The molecule has 0 aliphatic carbocycles. The number of carboxylic acids is 1. The second kappa shape index (κ2) is 6.94. The van der Waals surface area contributed by atoms with Crippen molar-refractivity contribution in [2.24, 2.45) is 11.8 Å². The van der Waals surface area contributed by atoms with Crippen LogP contribution in [0.3, 0.4) is 0 Å². The van der Waals surface area contributed by atoms with E-state index in [0.717, 1.165) is 31.8 Å². The molecule has 1 N–H and O–H groups in total. The van der Waals surface area contributed by atoms with Gasteiger partial charge in [0.05, 0.1) is 12.5 Å². The van der Waals surface area contributed by atoms with E-state index in [9.17, 15) is 4.79 Å². The summed E-state index contributed by atoms with van der Waals surface area (Å²) in [6, 6.07) is 6.25. The lowest BCUT2D eigenvalue weighted by Gasteiger charge is -2.41. The number of hydrogen-bond acceptors (Lipinski definition) is 3. The van der Waals surface area contributed by atoms with E-state index < -0.39 is 5.97 Å². The Morgan fingerprint density at radius 2 is 1.95 bits per heavy atom. The summed E-state index contributed by atoms with van der Waals surface area (Å²) in [4.78, 5) is 13.2. The summed E-state index contributed by atoms with van der Waals surface area (Å²) < 4.78 is 5.78. The number of carboxylic acid groups (broad SMARTS) is 1. The average molecular weight is 291 g/mol. The minimum absolute atomic E-state index is 0.229. The predicted molar refractivity (Wildman–Crippen MR) is 82.8 cm³/mol. The number of hydrogen-bond donors (Lipinski definition) is 1. The van der Waals surface area contributed by atoms with Gasteiger partial charge in [0, 0.05) is 19.6 Å². The third kappa shape index (κ3) is 4.46. The summed E-state index contributed by atoms with van der Waals surface area (Å²) in [5.41, 5.74) is 2.44. The molecule has 0 bridgehead atoms. The lowest BCUT2D eigenvalue weighted by atomic mass is 9.87.